The van der Waals surface area contributed by atoms with Gasteiger partial charge in [0, 0.05) is 26.9 Å². The van der Waals surface area contributed by atoms with E-state index in [4.69, 9.17) is 19.7 Å². The SMILES string of the molecule is COC(=O)CC(=O)OC.COCCCCCCOC(=O)CC(C)=O.OCCCCCCO. The molecule has 0 fully saturated rings. The number of aliphatic hydroxyl groups is 2. The van der Waals surface area contributed by atoms with E-state index in [1.807, 2.05) is 0 Å². The molecule has 0 aliphatic carbocycles. The minimum absolute atomic E-state index is 0.107. The topological polar surface area (TPSA) is 146 Å². The van der Waals surface area contributed by atoms with Crippen LogP contribution in [0.4, 0.5) is 0 Å². The van der Waals surface area contributed by atoms with Crippen molar-refractivity contribution < 1.29 is 48.3 Å². The van der Waals surface area contributed by atoms with Gasteiger partial charge in [-0.05, 0) is 39.0 Å². The predicted molar refractivity (Wildman–Crippen MR) is 118 cm³/mol. The smallest absolute Gasteiger partial charge is 0.316 e. The van der Waals surface area contributed by atoms with Gasteiger partial charge in [-0.3, -0.25) is 19.2 Å². The van der Waals surface area contributed by atoms with E-state index < -0.39 is 17.9 Å². The number of unbranched alkanes of at least 4 members (excludes halogenated alkanes) is 6. The van der Waals surface area contributed by atoms with Crippen LogP contribution in [0, 0.1) is 0 Å². The van der Waals surface area contributed by atoms with E-state index in [9.17, 15) is 19.2 Å². The van der Waals surface area contributed by atoms with Crippen molar-refractivity contribution in [1.29, 1.82) is 0 Å². The average Bonchev–Trinajstić information content (AvgIpc) is 2.76. The summed E-state index contributed by atoms with van der Waals surface area (Å²) >= 11 is 0. The molecular formula is C22H42O10. The molecular weight excluding hydrogens is 424 g/mol. The van der Waals surface area contributed by atoms with Crippen molar-refractivity contribution in [2.45, 2.75) is 71.1 Å². The van der Waals surface area contributed by atoms with Crippen LogP contribution >= 0.6 is 0 Å². The van der Waals surface area contributed by atoms with Crippen molar-refractivity contribution in [3.8, 4) is 0 Å². The van der Waals surface area contributed by atoms with Gasteiger partial charge < -0.3 is 29.2 Å². The summed E-state index contributed by atoms with van der Waals surface area (Å²) < 4.78 is 18.1. The van der Waals surface area contributed by atoms with Gasteiger partial charge in [-0.2, -0.15) is 0 Å². The maximum Gasteiger partial charge on any atom is 0.316 e. The van der Waals surface area contributed by atoms with Crippen LogP contribution in [-0.2, 0) is 38.1 Å². The molecule has 0 aliphatic heterocycles. The van der Waals surface area contributed by atoms with Crippen molar-refractivity contribution in [3.63, 3.8) is 0 Å². The molecule has 0 bridgehead atoms. The molecule has 0 atom stereocenters. The first kappa shape index (κ1) is 34.6. The molecule has 0 heterocycles. The summed E-state index contributed by atoms with van der Waals surface area (Å²) in [4.78, 5) is 42.0. The molecule has 10 nitrogen and oxygen atoms in total. The highest BCUT2D eigenvalue weighted by Gasteiger charge is 2.07. The van der Waals surface area contributed by atoms with E-state index in [0.717, 1.165) is 58.0 Å². The molecule has 0 aromatic rings. The third-order valence-corrected chi connectivity index (χ3v) is 3.71. The van der Waals surface area contributed by atoms with Gasteiger partial charge in [0.2, 0.25) is 0 Å². The zero-order valence-electron chi connectivity index (χ0n) is 20.1. The summed E-state index contributed by atoms with van der Waals surface area (Å²) in [7, 11) is 4.11. The number of carbonyl (C=O) groups is 4. The fourth-order valence-electron chi connectivity index (χ4n) is 1.98. The second kappa shape index (κ2) is 29.0. The lowest BCUT2D eigenvalue weighted by Crippen LogP contribution is -2.09. The van der Waals surface area contributed by atoms with Gasteiger partial charge in [0.05, 0.1) is 20.8 Å². The molecule has 0 unspecified atom stereocenters. The number of methoxy groups -OCH3 is 3. The molecule has 190 valence electrons. The Bertz CT molecular complexity index is 446. The maximum atomic E-state index is 10.9. The Morgan fingerprint density at radius 3 is 1.41 bits per heavy atom. The highest BCUT2D eigenvalue weighted by atomic mass is 16.5. The number of ketones is 1. The Morgan fingerprint density at radius 2 is 1.03 bits per heavy atom. The third kappa shape index (κ3) is 35.4. The number of carbonyl (C=O) groups excluding carboxylic acids is 4. The van der Waals surface area contributed by atoms with Crippen molar-refractivity contribution in [2.75, 3.05) is 47.8 Å². The Hall–Kier alpha value is -2.04. The summed E-state index contributed by atoms with van der Waals surface area (Å²) in [6, 6.07) is 0. The van der Waals surface area contributed by atoms with Crippen molar-refractivity contribution in [1.82, 2.24) is 0 Å². The summed E-state index contributed by atoms with van der Waals surface area (Å²) in [5.41, 5.74) is 0. The highest BCUT2D eigenvalue weighted by Crippen LogP contribution is 2.01. The lowest BCUT2D eigenvalue weighted by molar-refractivity contribution is -0.151. The summed E-state index contributed by atoms with van der Waals surface area (Å²) in [6.07, 6.45) is 7.41. The molecule has 0 aromatic carbocycles. The molecule has 0 amide bonds. The van der Waals surface area contributed by atoms with E-state index >= 15 is 0 Å². The van der Waals surface area contributed by atoms with Gasteiger partial charge in [-0.1, -0.05) is 19.3 Å². The lowest BCUT2D eigenvalue weighted by atomic mass is 10.2. The Morgan fingerprint density at radius 1 is 0.594 bits per heavy atom. The second-order valence-corrected chi connectivity index (χ2v) is 6.70. The van der Waals surface area contributed by atoms with Crippen molar-refractivity contribution in [2.24, 2.45) is 0 Å². The molecule has 0 rings (SSSR count). The average molecular weight is 467 g/mol. The molecule has 0 spiro atoms. The first-order valence-electron chi connectivity index (χ1n) is 10.8. The number of aliphatic hydroxyl groups excluding tert-OH is 2. The minimum atomic E-state index is -0.582. The van der Waals surface area contributed by atoms with Crippen LogP contribution in [0.5, 0.6) is 0 Å². The Balaban J connectivity index is -0.000000424. The quantitative estimate of drug-likeness (QED) is 0.150. The number of hydrogen-bond donors (Lipinski definition) is 2. The minimum Gasteiger partial charge on any atom is -0.469 e. The van der Waals surface area contributed by atoms with Crippen molar-refractivity contribution in [3.05, 3.63) is 0 Å². The first-order chi connectivity index (χ1) is 15.3. The second-order valence-electron chi connectivity index (χ2n) is 6.70. The van der Waals surface area contributed by atoms with Crippen LogP contribution in [0.1, 0.15) is 71.1 Å². The van der Waals surface area contributed by atoms with Gasteiger partial charge in [-0.15, -0.1) is 0 Å². The number of ether oxygens (including phenoxy) is 4. The fourth-order valence-corrected chi connectivity index (χ4v) is 1.98. The normalized spacial score (nSPS) is 9.44. The van der Waals surface area contributed by atoms with Crippen LogP contribution in [0.3, 0.4) is 0 Å². The molecule has 2 N–H and O–H groups in total. The monoisotopic (exact) mass is 466 g/mol. The largest absolute Gasteiger partial charge is 0.469 e. The fraction of sp³-hybridized carbons (Fsp3) is 0.818. The third-order valence-electron chi connectivity index (χ3n) is 3.71. The van der Waals surface area contributed by atoms with Crippen molar-refractivity contribution >= 4 is 23.7 Å². The van der Waals surface area contributed by atoms with Gasteiger partial charge in [-0.25, -0.2) is 0 Å². The van der Waals surface area contributed by atoms with E-state index in [1.54, 1.807) is 7.11 Å². The Labute approximate surface area is 191 Å². The van der Waals surface area contributed by atoms with Crippen LogP contribution in [0.2, 0.25) is 0 Å². The molecule has 0 radical (unpaired) electrons. The Kier molecular flexibility index (Phi) is 31.3. The van der Waals surface area contributed by atoms with Crippen LogP contribution in [0.25, 0.3) is 0 Å². The molecule has 10 heteroatoms. The summed E-state index contributed by atoms with van der Waals surface area (Å²) in [6.45, 7) is 3.14. The van der Waals surface area contributed by atoms with Crippen LogP contribution in [-0.4, -0.2) is 81.7 Å². The molecule has 0 aliphatic rings. The van der Waals surface area contributed by atoms with E-state index in [0.29, 0.717) is 6.61 Å². The lowest BCUT2D eigenvalue weighted by Gasteiger charge is -2.03. The predicted octanol–water partition coefficient (Wildman–Crippen LogP) is 1.97. The zero-order valence-corrected chi connectivity index (χ0v) is 20.1. The molecule has 32 heavy (non-hydrogen) atoms. The van der Waals surface area contributed by atoms with E-state index in [1.165, 1.54) is 21.1 Å². The van der Waals surface area contributed by atoms with E-state index in [2.05, 4.69) is 9.47 Å². The number of hydrogen-bond acceptors (Lipinski definition) is 10. The van der Waals surface area contributed by atoms with Gasteiger partial charge in [0.15, 0.2) is 0 Å². The van der Waals surface area contributed by atoms with Gasteiger partial charge in [0.25, 0.3) is 0 Å². The highest BCUT2D eigenvalue weighted by molar-refractivity contribution is 5.94. The van der Waals surface area contributed by atoms with Crippen LogP contribution in [0.15, 0.2) is 0 Å². The molecule has 0 saturated heterocycles. The standard InChI is InChI=1S/C11H20O4.C6H14O2.C5H8O4/c1-10(12)9-11(13)15-8-6-4-3-5-7-14-2;7-5-3-1-2-4-6-8;1-8-4(6)3-5(7)9-2/h3-9H2,1-2H3;7-8H,1-6H2;3H2,1-2H3. The summed E-state index contributed by atoms with van der Waals surface area (Å²) in [5.74, 6) is -1.73. The molecule has 0 saturated carbocycles. The zero-order chi connectivity index (χ0) is 25.0. The maximum absolute atomic E-state index is 10.9. The number of rotatable bonds is 16. The first-order valence-corrected chi connectivity index (χ1v) is 10.8. The van der Waals surface area contributed by atoms with Crippen LogP contribution < -0.4 is 0 Å². The number of esters is 3. The van der Waals surface area contributed by atoms with E-state index in [-0.39, 0.29) is 31.8 Å². The number of Topliss-reactive ketones (excluding diaryl/α,β-unsaturated/α-hetero) is 1. The van der Waals surface area contributed by atoms with Gasteiger partial charge in [0.1, 0.15) is 18.6 Å². The molecule has 0 aromatic heterocycles. The van der Waals surface area contributed by atoms with Gasteiger partial charge >= 0.3 is 17.9 Å². The summed E-state index contributed by atoms with van der Waals surface area (Å²) in [5, 5.41) is 16.6.